The number of nitro groups is 1. The number of non-ortho nitro benzene ring substituents is 1. The number of halogens is 2. The molecule has 0 N–H and O–H groups in total. The van der Waals surface area contributed by atoms with Gasteiger partial charge < -0.3 is 4.74 Å². The van der Waals surface area contributed by atoms with Crippen molar-refractivity contribution in [1.29, 1.82) is 0 Å². The van der Waals surface area contributed by atoms with Crippen LogP contribution in [0.15, 0.2) is 34.8 Å². The highest BCUT2D eigenvalue weighted by Gasteiger charge is 2.25. The average molecular weight is 395 g/mol. The van der Waals surface area contributed by atoms with Gasteiger partial charge in [-0.1, -0.05) is 0 Å². The van der Waals surface area contributed by atoms with E-state index in [1.165, 1.54) is 0 Å². The molecule has 0 amide bonds. The molecule has 0 saturated heterocycles. The molecular formula is C15H11F2N5O6. The third kappa shape index (κ3) is 3.67. The van der Waals surface area contributed by atoms with Crippen molar-refractivity contribution >= 4 is 17.4 Å². The summed E-state index contributed by atoms with van der Waals surface area (Å²) < 4.78 is 30.7. The molecule has 11 nitrogen and oxygen atoms in total. The Bertz CT molecular complexity index is 1060. The van der Waals surface area contributed by atoms with Crippen LogP contribution in [0.2, 0.25) is 0 Å². The fourth-order valence-corrected chi connectivity index (χ4v) is 2.53. The molecule has 1 aromatic carbocycles. The van der Waals surface area contributed by atoms with Gasteiger partial charge in [0, 0.05) is 31.1 Å². The van der Waals surface area contributed by atoms with E-state index in [1.807, 2.05) is 0 Å². The largest absolute Gasteiger partial charge is 0.427 e. The third-order valence-electron chi connectivity index (χ3n) is 3.82. The number of hydrogen-bond acceptors (Lipinski definition) is 8. The number of esters is 1. The number of hydrogen-bond donors (Lipinski definition) is 0. The number of nitrogens with zero attached hydrogens (tertiary/aromatic N) is 5. The van der Waals surface area contributed by atoms with Gasteiger partial charge in [-0.15, -0.1) is 4.68 Å². The summed E-state index contributed by atoms with van der Waals surface area (Å²) >= 11 is 0. The Morgan fingerprint density at radius 1 is 1.25 bits per heavy atom. The van der Waals surface area contributed by atoms with Crippen molar-refractivity contribution in [2.45, 2.75) is 25.8 Å². The van der Waals surface area contributed by atoms with Crippen LogP contribution in [0.3, 0.4) is 0 Å². The maximum Gasteiger partial charge on any atom is 0.373 e. The van der Waals surface area contributed by atoms with E-state index in [2.05, 4.69) is 10.4 Å². The molecule has 0 radical (unpaired) electrons. The minimum absolute atomic E-state index is 0.0918. The van der Waals surface area contributed by atoms with Crippen LogP contribution in [-0.2, 0) is 9.53 Å². The van der Waals surface area contributed by atoms with E-state index in [1.54, 1.807) is 0 Å². The van der Waals surface area contributed by atoms with Gasteiger partial charge in [0.15, 0.2) is 5.78 Å². The Morgan fingerprint density at radius 3 is 2.61 bits per heavy atom. The van der Waals surface area contributed by atoms with Crippen molar-refractivity contribution in [2.24, 2.45) is 0 Å². The summed E-state index contributed by atoms with van der Waals surface area (Å²) in [5.74, 6) is -1.17. The molecule has 0 spiro atoms. The fourth-order valence-electron chi connectivity index (χ4n) is 2.53. The number of allylic oxidation sites excluding steroid dienone is 2. The van der Waals surface area contributed by atoms with E-state index in [4.69, 9.17) is 4.74 Å². The first-order valence-corrected chi connectivity index (χ1v) is 7.85. The standard InChI is InChI=1S/C15H11F2N5O6/c16-14(17)21-15(25)20(18-19-21)12-6-8(22(26)27)4-5-11(12)13(24)28-10-3-1-2-9(23)7-10/h4-7,14H,1-3H2. The highest BCUT2D eigenvalue weighted by Crippen LogP contribution is 2.24. The number of alkyl halides is 2. The monoisotopic (exact) mass is 395 g/mol. The topological polar surface area (TPSA) is 139 Å². The number of ether oxygens (including phenoxy) is 1. The molecule has 0 bridgehead atoms. The van der Waals surface area contributed by atoms with Crippen LogP contribution in [0.25, 0.3) is 5.69 Å². The first-order chi connectivity index (χ1) is 13.3. The number of carbonyl (C=O) groups is 2. The summed E-state index contributed by atoms with van der Waals surface area (Å²) in [5, 5.41) is 17.2. The maximum atomic E-state index is 12.8. The van der Waals surface area contributed by atoms with Crippen molar-refractivity contribution in [2.75, 3.05) is 0 Å². The summed E-state index contributed by atoms with van der Waals surface area (Å²) in [6.07, 6.45) is 2.27. The van der Waals surface area contributed by atoms with Gasteiger partial charge in [-0.25, -0.2) is 9.59 Å². The molecule has 2 aromatic rings. The first-order valence-electron chi connectivity index (χ1n) is 7.85. The van der Waals surface area contributed by atoms with Gasteiger partial charge in [-0.05, 0) is 22.9 Å². The Morgan fingerprint density at radius 2 is 2.00 bits per heavy atom. The highest BCUT2D eigenvalue weighted by molar-refractivity contribution is 5.96. The van der Waals surface area contributed by atoms with Crippen LogP contribution in [-0.4, -0.2) is 36.5 Å². The van der Waals surface area contributed by atoms with E-state index < -0.39 is 34.5 Å². The van der Waals surface area contributed by atoms with Crippen LogP contribution in [0.1, 0.15) is 36.2 Å². The molecule has 0 unspecified atom stereocenters. The van der Waals surface area contributed by atoms with Gasteiger partial charge in [0.1, 0.15) is 5.76 Å². The number of carbonyl (C=O) groups excluding carboxylic acids is 2. The Kier molecular flexibility index (Phi) is 5.06. The maximum absolute atomic E-state index is 12.8. The van der Waals surface area contributed by atoms with Crippen LogP contribution in [0.5, 0.6) is 0 Å². The molecule has 13 heteroatoms. The molecular weight excluding hydrogens is 384 g/mol. The molecule has 1 heterocycles. The lowest BCUT2D eigenvalue weighted by molar-refractivity contribution is -0.384. The molecule has 146 valence electrons. The second kappa shape index (κ2) is 7.46. The highest BCUT2D eigenvalue weighted by atomic mass is 19.3. The summed E-state index contributed by atoms with van der Waals surface area (Å²) in [6, 6.07) is 2.78. The van der Waals surface area contributed by atoms with Crippen molar-refractivity contribution in [3.05, 3.63) is 56.2 Å². The van der Waals surface area contributed by atoms with E-state index in [9.17, 15) is 33.3 Å². The number of ketones is 1. The minimum atomic E-state index is -3.30. The van der Waals surface area contributed by atoms with Crippen LogP contribution in [0, 0.1) is 10.1 Å². The SMILES string of the molecule is O=C1C=C(OC(=O)c2ccc([N+](=O)[O-])cc2-n2nnn(C(F)F)c2=O)CCC1. The zero-order valence-electron chi connectivity index (χ0n) is 13.9. The molecule has 1 aliphatic carbocycles. The molecule has 0 fully saturated rings. The van der Waals surface area contributed by atoms with Gasteiger partial charge in [0.25, 0.3) is 5.69 Å². The van der Waals surface area contributed by atoms with E-state index >= 15 is 0 Å². The van der Waals surface area contributed by atoms with Gasteiger partial charge >= 0.3 is 18.2 Å². The summed E-state index contributed by atoms with van der Waals surface area (Å²) in [4.78, 5) is 46.2. The Labute approximate surface area is 153 Å². The number of tetrazole rings is 1. The third-order valence-corrected chi connectivity index (χ3v) is 3.82. The molecule has 1 aliphatic rings. The van der Waals surface area contributed by atoms with E-state index in [0.717, 1.165) is 24.3 Å². The molecule has 0 aliphatic heterocycles. The summed E-state index contributed by atoms with van der Waals surface area (Å²) in [6.45, 7) is -3.30. The molecule has 0 atom stereocenters. The molecule has 3 rings (SSSR count). The van der Waals surface area contributed by atoms with Gasteiger partial charge in [0.05, 0.1) is 16.2 Å². The zero-order valence-corrected chi connectivity index (χ0v) is 13.9. The number of benzene rings is 1. The normalized spacial score (nSPS) is 14.1. The minimum Gasteiger partial charge on any atom is -0.427 e. The average Bonchev–Trinajstić information content (AvgIpc) is 3.02. The number of rotatable bonds is 5. The Balaban J connectivity index is 2.06. The van der Waals surface area contributed by atoms with Crippen LogP contribution in [0.4, 0.5) is 14.5 Å². The predicted octanol–water partition coefficient (Wildman–Crippen LogP) is 1.53. The van der Waals surface area contributed by atoms with E-state index in [0.29, 0.717) is 23.9 Å². The number of aromatic nitrogens is 4. The first kappa shape index (κ1) is 19.0. The number of nitro benzene ring substituents is 1. The second-order valence-electron chi connectivity index (χ2n) is 5.67. The van der Waals surface area contributed by atoms with Gasteiger partial charge in [0.2, 0.25) is 0 Å². The lowest BCUT2D eigenvalue weighted by Gasteiger charge is -2.13. The summed E-state index contributed by atoms with van der Waals surface area (Å²) in [7, 11) is 0. The Hall–Kier alpha value is -3.77. The predicted molar refractivity (Wildman–Crippen MR) is 85.9 cm³/mol. The molecule has 0 saturated carbocycles. The van der Waals surface area contributed by atoms with Gasteiger partial charge in [-0.2, -0.15) is 13.5 Å². The second-order valence-corrected chi connectivity index (χ2v) is 5.67. The molecule has 28 heavy (non-hydrogen) atoms. The van der Waals surface area contributed by atoms with Crippen LogP contribution < -0.4 is 5.69 Å². The van der Waals surface area contributed by atoms with Gasteiger partial charge in [-0.3, -0.25) is 14.9 Å². The quantitative estimate of drug-likeness (QED) is 0.422. The van der Waals surface area contributed by atoms with E-state index in [-0.39, 0.29) is 21.8 Å². The summed E-state index contributed by atoms with van der Waals surface area (Å²) in [5.41, 5.74) is -2.74. The molecule has 1 aromatic heterocycles. The lowest BCUT2D eigenvalue weighted by atomic mass is 10.1. The van der Waals surface area contributed by atoms with Crippen molar-refractivity contribution in [3.8, 4) is 5.69 Å². The van der Waals surface area contributed by atoms with Crippen molar-refractivity contribution in [3.63, 3.8) is 0 Å². The zero-order chi connectivity index (χ0) is 20.4. The fraction of sp³-hybridized carbons (Fsp3) is 0.267. The van der Waals surface area contributed by atoms with Crippen molar-refractivity contribution < 1.29 is 28.0 Å². The van der Waals surface area contributed by atoms with Crippen LogP contribution >= 0.6 is 0 Å². The van der Waals surface area contributed by atoms with Crippen molar-refractivity contribution in [1.82, 2.24) is 19.8 Å². The smallest absolute Gasteiger partial charge is 0.373 e. The lowest BCUT2D eigenvalue weighted by Crippen LogP contribution is -2.26.